The summed E-state index contributed by atoms with van der Waals surface area (Å²) in [7, 11) is -3.52. The van der Waals surface area contributed by atoms with Gasteiger partial charge in [0.15, 0.2) is 0 Å². The highest BCUT2D eigenvalue weighted by atomic mass is 32.2. The fourth-order valence-corrected chi connectivity index (χ4v) is 2.15. The standard InChI is InChI=1S/C10H17N3O5S/c1-8(2)18-3-4-19(16,17)12-9-5-11-13(6-9)7-10(14)15/h5-6,8,12H,3-4,7H2,1-2H3,(H,14,15). The predicted octanol–water partition coefficient (Wildman–Crippen LogP) is 0.134. The van der Waals surface area contributed by atoms with E-state index in [0.717, 1.165) is 4.68 Å². The number of ether oxygens (including phenoxy) is 1. The van der Waals surface area contributed by atoms with Gasteiger partial charge in [0.1, 0.15) is 6.54 Å². The molecule has 108 valence electrons. The van der Waals surface area contributed by atoms with Crippen molar-refractivity contribution in [3.05, 3.63) is 12.4 Å². The molecule has 2 N–H and O–H groups in total. The van der Waals surface area contributed by atoms with E-state index in [2.05, 4.69) is 9.82 Å². The lowest BCUT2D eigenvalue weighted by atomic mass is 10.5. The van der Waals surface area contributed by atoms with E-state index in [1.807, 2.05) is 13.8 Å². The van der Waals surface area contributed by atoms with Gasteiger partial charge in [0.2, 0.25) is 10.0 Å². The number of carboxylic acids is 1. The molecular formula is C10H17N3O5S. The summed E-state index contributed by atoms with van der Waals surface area (Å²) < 4.78 is 31.9. The van der Waals surface area contributed by atoms with Crippen LogP contribution in [0.25, 0.3) is 0 Å². The van der Waals surface area contributed by atoms with Gasteiger partial charge in [-0.2, -0.15) is 5.10 Å². The molecule has 1 aromatic heterocycles. The van der Waals surface area contributed by atoms with Crippen molar-refractivity contribution in [3.8, 4) is 0 Å². The Morgan fingerprint density at radius 1 is 1.58 bits per heavy atom. The van der Waals surface area contributed by atoms with Crippen molar-refractivity contribution in [2.45, 2.75) is 26.5 Å². The predicted molar refractivity (Wildman–Crippen MR) is 68.4 cm³/mol. The third-order valence-electron chi connectivity index (χ3n) is 2.01. The summed E-state index contributed by atoms with van der Waals surface area (Å²) in [5, 5.41) is 12.3. The molecule has 0 aliphatic heterocycles. The minimum absolute atomic E-state index is 0.0338. The summed E-state index contributed by atoms with van der Waals surface area (Å²) in [4.78, 5) is 10.5. The van der Waals surface area contributed by atoms with E-state index in [1.54, 1.807) is 0 Å². The number of anilines is 1. The van der Waals surface area contributed by atoms with Crippen LogP contribution in [0.5, 0.6) is 0 Å². The van der Waals surface area contributed by atoms with Gasteiger partial charge < -0.3 is 9.84 Å². The Morgan fingerprint density at radius 2 is 2.26 bits per heavy atom. The Labute approximate surface area is 111 Å². The normalized spacial score (nSPS) is 11.7. The summed E-state index contributed by atoms with van der Waals surface area (Å²) in [6.45, 7) is 3.40. The molecule has 0 fully saturated rings. The fourth-order valence-electron chi connectivity index (χ4n) is 1.27. The summed E-state index contributed by atoms with van der Waals surface area (Å²) in [6.07, 6.45) is 2.53. The molecule has 0 aliphatic carbocycles. The topological polar surface area (TPSA) is 111 Å². The average Bonchev–Trinajstić information content (AvgIpc) is 2.62. The molecule has 0 saturated carbocycles. The molecule has 0 atom stereocenters. The summed E-state index contributed by atoms with van der Waals surface area (Å²) in [6, 6.07) is 0. The second kappa shape index (κ2) is 6.53. The van der Waals surface area contributed by atoms with Crippen LogP contribution in [0.3, 0.4) is 0 Å². The first-order chi connectivity index (χ1) is 8.78. The second-order valence-electron chi connectivity index (χ2n) is 4.16. The lowest BCUT2D eigenvalue weighted by Gasteiger charge is -2.08. The number of nitrogens with one attached hydrogen (secondary N) is 1. The number of aromatic nitrogens is 2. The first kappa shape index (κ1) is 15.4. The van der Waals surface area contributed by atoms with E-state index in [1.165, 1.54) is 12.4 Å². The Hall–Kier alpha value is -1.61. The SMILES string of the molecule is CC(C)OCCS(=O)(=O)Nc1cnn(CC(=O)O)c1. The zero-order valence-corrected chi connectivity index (χ0v) is 11.6. The van der Waals surface area contributed by atoms with Gasteiger partial charge in [0.05, 0.1) is 30.3 Å². The first-order valence-electron chi connectivity index (χ1n) is 5.65. The molecular weight excluding hydrogens is 274 g/mol. The number of carbonyl (C=O) groups is 1. The van der Waals surface area contributed by atoms with Crippen LogP contribution in [-0.4, -0.2) is 47.7 Å². The molecule has 0 radical (unpaired) electrons. The number of nitrogens with zero attached hydrogens (tertiary/aromatic N) is 2. The molecule has 19 heavy (non-hydrogen) atoms. The monoisotopic (exact) mass is 291 g/mol. The van der Waals surface area contributed by atoms with Gasteiger partial charge in [0, 0.05) is 6.20 Å². The van der Waals surface area contributed by atoms with E-state index in [-0.39, 0.29) is 30.7 Å². The Kier molecular flexibility index (Phi) is 5.31. The van der Waals surface area contributed by atoms with Gasteiger partial charge in [-0.15, -0.1) is 0 Å². The van der Waals surface area contributed by atoms with Crippen LogP contribution >= 0.6 is 0 Å². The Bertz CT molecular complexity index is 523. The summed E-state index contributed by atoms with van der Waals surface area (Å²) in [5.74, 6) is -1.22. The van der Waals surface area contributed by atoms with Crippen LogP contribution in [0.1, 0.15) is 13.8 Å². The van der Waals surface area contributed by atoms with Crippen LogP contribution < -0.4 is 4.72 Å². The van der Waals surface area contributed by atoms with Crippen molar-refractivity contribution in [2.75, 3.05) is 17.1 Å². The minimum Gasteiger partial charge on any atom is -0.480 e. The molecule has 0 amide bonds. The van der Waals surface area contributed by atoms with Gasteiger partial charge in [-0.1, -0.05) is 0 Å². The van der Waals surface area contributed by atoms with Gasteiger partial charge in [-0.05, 0) is 13.8 Å². The van der Waals surface area contributed by atoms with E-state index >= 15 is 0 Å². The molecule has 0 bridgehead atoms. The number of carboxylic acid groups (broad SMARTS) is 1. The maximum absolute atomic E-state index is 11.7. The Morgan fingerprint density at radius 3 is 2.84 bits per heavy atom. The zero-order chi connectivity index (χ0) is 14.5. The van der Waals surface area contributed by atoms with Crippen LogP contribution in [0.2, 0.25) is 0 Å². The third-order valence-corrected chi connectivity index (χ3v) is 3.26. The third kappa shape index (κ3) is 6.20. The number of rotatable bonds is 8. The van der Waals surface area contributed by atoms with Gasteiger partial charge in [-0.3, -0.25) is 14.2 Å². The van der Waals surface area contributed by atoms with Gasteiger partial charge in [0.25, 0.3) is 0 Å². The minimum atomic E-state index is -3.52. The molecule has 0 saturated heterocycles. The lowest BCUT2D eigenvalue weighted by molar-refractivity contribution is -0.137. The van der Waals surface area contributed by atoms with Crippen molar-refractivity contribution < 1.29 is 23.1 Å². The van der Waals surface area contributed by atoms with Gasteiger partial charge >= 0.3 is 5.97 Å². The van der Waals surface area contributed by atoms with Crippen LogP contribution in [0.15, 0.2) is 12.4 Å². The molecule has 1 rings (SSSR count). The van der Waals surface area contributed by atoms with Crippen molar-refractivity contribution in [3.63, 3.8) is 0 Å². The molecule has 8 nitrogen and oxygen atoms in total. The number of sulfonamides is 1. The molecule has 0 aliphatic rings. The molecule has 0 aromatic carbocycles. The summed E-state index contributed by atoms with van der Waals surface area (Å²) in [5.41, 5.74) is 0.228. The van der Waals surface area contributed by atoms with Crippen molar-refractivity contribution in [2.24, 2.45) is 0 Å². The summed E-state index contributed by atoms with van der Waals surface area (Å²) >= 11 is 0. The van der Waals surface area contributed by atoms with E-state index in [4.69, 9.17) is 9.84 Å². The second-order valence-corrected chi connectivity index (χ2v) is 6.00. The lowest BCUT2D eigenvalue weighted by Crippen LogP contribution is -2.21. The molecule has 1 aromatic rings. The molecule has 9 heteroatoms. The van der Waals surface area contributed by atoms with Crippen LogP contribution in [0.4, 0.5) is 5.69 Å². The molecule has 1 heterocycles. The molecule has 0 unspecified atom stereocenters. The highest BCUT2D eigenvalue weighted by Crippen LogP contribution is 2.08. The fraction of sp³-hybridized carbons (Fsp3) is 0.600. The van der Waals surface area contributed by atoms with Crippen molar-refractivity contribution in [1.29, 1.82) is 0 Å². The van der Waals surface area contributed by atoms with Crippen LogP contribution in [0, 0.1) is 0 Å². The Balaban J connectivity index is 2.53. The van der Waals surface area contributed by atoms with E-state index in [9.17, 15) is 13.2 Å². The molecule has 0 spiro atoms. The highest BCUT2D eigenvalue weighted by Gasteiger charge is 2.12. The van der Waals surface area contributed by atoms with Gasteiger partial charge in [-0.25, -0.2) is 8.42 Å². The van der Waals surface area contributed by atoms with Crippen molar-refractivity contribution >= 4 is 21.7 Å². The number of hydrogen-bond donors (Lipinski definition) is 2. The van der Waals surface area contributed by atoms with E-state index in [0.29, 0.717) is 0 Å². The van der Waals surface area contributed by atoms with E-state index < -0.39 is 16.0 Å². The number of aliphatic carboxylic acids is 1. The average molecular weight is 291 g/mol. The maximum atomic E-state index is 11.7. The number of hydrogen-bond acceptors (Lipinski definition) is 5. The highest BCUT2D eigenvalue weighted by molar-refractivity contribution is 7.92. The maximum Gasteiger partial charge on any atom is 0.325 e. The quantitative estimate of drug-likeness (QED) is 0.704. The zero-order valence-electron chi connectivity index (χ0n) is 10.7. The first-order valence-corrected chi connectivity index (χ1v) is 7.30. The smallest absolute Gasteiger partial charge is 0.325 e. The van der Waals surface area contributed by atoms with Crippen molar-refractivity contribution in [1.82, 2.24) is 9.78 Å². The largest absolute Gasteiger partial charge is 0.480 e. The van der Waals surface area contributed by atoms with Crippen LogP contribution in [-0.2, 0) is 26.1 Å².